The van der Waals surface area contributed by atoms with Crippen molar-refractivity contribution in [3.63, 3.8) is 0 Å². The molecule has 2 heterocycles. The van der Waals surface area contributed by atoms with E-state index in [1.165, 1.54) is 4.90 Å². The van der Waals surface area contributed by atoms with Gasteiger partial charge in [-0.05, 0) is 29.3 Å². The molecule has 1 aliphatic rings. The number of pyridine rings is 1. The van der Waals surface area contributed by atoms with Gasteiger partial charge >= 0.3 is 6.09 Å². The summed E-state index contributed by atoms with van der Waals surface area (Å²) in [6.45, 7) is 0.546. The van der Waals surface area contributed by atoms with E-state index in [9.17, 15) is 9.59 Å². The summed E-state index contributed by atoms with van der Waals surface area (Å²) in [5.74, 6) is -0.286. The molecule has 0 aliphatic carbocycles. The fourth-order valence-electron chi connectivity index (χ4n) is 2.59. The van der Waals surface area contributed by atoms with Gasteiger partial charge in [0.15, 0.2) is 0 Å². The van der Waals surface area contributed by atoms with Crippen LogP contribution in [0.3, 0.4) is 0 Å². The lowest BCUT2D eigenvalue weighted by Gasteiger charge is -2.21. The van der Waals surface area contributed by atoms with Crippen molar-refractivity contribution in [2.24, 2.45) is 0 Å². The van der Waals surface area contributed by atoms with Gasteiger partial charge in [-0.25, -0.2) is 4.79 Å². The lowest BCUT2D eigenvalue weighted by atomic mass is 10.1. The Balaban J connectivity index is 1.66. The highest BCUT2D eigenvalue weighted by Gasteiger charge is 2.37. The van der Waals surface area contributed by atoms with Crippen molar-refractivity contribution >= 4 is 12.0 Å². The summed E-state index contributed by atoms with van der Waals surface area (Å²) in [7, 11) is 0. The molecule has 0 unspecified atom stereocenters. The number of cyclic esters (lactones) is 1. The van der Waals surface area contributed by atoms with Gasteiger partial charge in [0.2, 0.25) is 5.91 Å². The number of benzene rings is 1. The fourth-order valence-corrected chi connectivity index (χ4v) is 2.59. The van der Waals surface area contributed by atoms with Crippen LogP contribution >= 0.6 is 0 Å². The molecule has 1 fully saturated rings. The van der Waals surface area contributed by atoms with Gasteiger partial charge in [-0.15, -0.1) is 0 Å². The van der Waals surface area contributed by atoms with Crippen LogP contribution in [0.5, 0.6) is 0 Å². The van der Waals surface area contributed by atoms with Gasteiger partial charge in [-0.3, -0.25) is 14.7 Å². The molecule has 1 atom stereocenters. The molecule has 1 saturated heterocycles. The maximum absolute atomic E-state index is 12.4. The highest BCUT2D eigenvalue weighted by atomic mass is 16.6. The third-order valence-corrected chi connectivity index (χ3v) is 3.88. The number of amides is 2. The van der Waals surface area contributed by atoms with Gasteiger partial charge in [-0.1, -0.05) is 18.2 Å². The fraction of sp³-hybridized carbons (Fsp3) is 0.222. The van der Waals surface area contributed by atoms with Crippen LogP contribution in [0.15, 0.2) is 48.8 Å². The van der Waals surface area contributed by atoms with Gasteiger partial charge in [0, 0.05) is 18.9 Å². The number of carbonyl (C=O) groups excluding carboxylic acids is 2. The molecule has 126 valence electrons. The van der Waals surface area contributed by atoms with Gasteiger partial charge in [0.1, 0.15) is 12.6 Å². The van der Waals surface area contributed by atoms with Crippen LogP contribution in [-0.2, 0) is 22.6 Å². The predicted octanol–water partition coefficient (Wildman–Crippen LogP) is 1.59. The summed E-state index contributed by atoms with van der Waals surface area (Å²) in [4.78, 5) is 29.8. The zero-order chi connectivity index (χ0) is 17.6. The summed E-state index contributed by atoms with van der Waals surface area (Å²) < 4.78 is 5.03. The van der Waals surface area contributed by atoms with E-state index in [1.807, 2.05) is 6.07 Å². The normalized spacial score (nSPS) is 16.2. The molecule has 2 amide bonds. The number of hydrogen-bond acceptors (Lipinski definition) is 5. The molecular formula is C18H16N4O3. The topological polar surface area (TPSA) is 95.3 Å². The number of aromatic nitrogens is 1. The monoisotopic (exact) mass is 336 g/mol. The molecule has 0 bridgehead atoms. The summed E-state index contributed by atoms with van der Waals surface area (Å²) >= 11 is 0. The smallest absolute Gasteiger partial charge is 0.410 e. The van der Waals surface area contributed by atoms with Gasteiger partial charge in [-0.2, -0.15) is 5.26 Å². The number of nitrogens with zero attached hydrogens (tertiary/aromatic N) is 3. The second-order valence-electron chi connectivity index (χ2n) is 5.61. The van der Waals surface area contributed by atoms with Crippen molar-refractivity contribution in [1.29, 1.82) is 5.26 Å². The Morgan fingerprint density at radius 1 is 1.36 bits per heavy atom. The predicted molar refractivity (Wildman–Crippen MR) is 87.9 cm³/mol. The first kappa shape index (κ1) is 16.5. The second kappa shape index (κ2) is 7.45. The molecule has 1 aromatic carbocycles. The molecule has 3 rings (SSSR count). The van der Waals surface area contributed by atoms with E-state index < -0.39 is 12.1 Å². The van der Waals surface area contributed by atoms with Gasteiger partial charge in [0.25, 0.3) is 0 Å². The van der Waals surface area contributed by atoms with Crippen LogP contribution in [0.2, 0.25) is 0 Å². The molecule has 25 heavy (non-hydrogen) atoms. The highest BCUT2D eigenvalue weighted by Crippen LogP contribution is 2.17. The Labute approximate surface area is 144 Å². The van der Waals surface area contributed by atoms with E-state index in [1.54, 1.807) is 42.7 Å². The number of rotatable bonds is 5. The Kier molecular flexibility index (Phi) is 4.90. The zero-order valence-corrected chi connectivity index (χ0v) is 13.4. The number of carbonyl (C=O) groups is 2. The van der Waals surface area contributed by atoms with Crippen LogP contribution in [0.1, 0.15) is 16.7 Å². The minimum absolute atomic E-state index is 0.00957. The number of nitrogens with one attached hydrogen (secondary N) is 1. The first-order valence-corrected chi connectivity index (χ1v) is 7.76. The molecule has 1 aromatic heterocycles. The molecule has 1 N–H and O–H groups in total. The molecule has 0 saturated carbocycles. The molecule has 0 spiro atoms. The summed E-state index contributed by atoms with van der Waals surface area (Å²) in [5.41, 5.74) is 2.14. The van der Waals surface area contributed by atoms with E-state index in [2.05, 4.69) is 16.4 Å². The van der Waals surface area contributed by atoms with Crippen LogP contribution in [0.25, 0.3) is 0 Å². The summed E-state index contributed by atoms with van der Waals surface area (Å²) in [5, 5.41) is 11.8. The zero-order valence-electron chi connectivity index (χ0n) is 13.4. The van der Waals surface area contributed by atoms with E-state index in [0.29, 0.717) is 12.1 Å². The average molecular weight is 336 g/mol. The maximum atomic E-state index is 12.4. The third-order valence-electron chi connectivity index (χ3n) is 3.88. The lowest BCUT2D eigenvalue weighted by molar-refractivity contribution is -0.125. The molecule has 1 aliphatic heterocycles. The van der Waals surface area contributed by atoms with Gasteiger partial charge in [0.05, 0.1) is 18.2 Å². The number of hydrogen-bond donors (Lipinski definition) is 1. The van der Waals surface area contributed by atoms with Crippen molar-refractivity contribution in [1.82, 2.24) is 15.2 Å². The minimum atomic E-state index is -0.699. The van der Waals surface area contributed by atoms with Crippen LogP contribution < -0.4 is 5.32 Å². The number of ether oxygens (including phenoxy) is 1. The molecule has 7 heteroatoms. The van der Waals surface area contributed by atoms with E-state index in [4.69, 9.17) is 10.00 Å². The molecule has 7 nitrogen and oxygen atoms in total. The molecule has 0 radical (unpaired) electrons. The van der Waals surface area contributed by atoms with Crippen molar-refractivity contribution in [2.75, 3.05) is 6.61 Å². The summed E-state index contributed by atoms with van der Waals surface area (Å²) in [6.07, 6.45) is 2.79. The quantitative estimate of drug-likeness (QED) is 0.894. The van der Waals surface area contributed by atoms with Gasteiger partial charge < -0.3 is 10.1 Å². The third kappa shape index (κ3) is 3.93. The largest absolute Gasteiger partial charge is 0.447 e. The Hall–Kier alpha value is -3.40. The van der Waals surface area contributed by atoms with Crippen LogP contribution in [0.4, 0.5) is 4.79 Å². The Morgan fingerprint density at radius 2 is 2.20 bits per heavy atom. The average Bonchev–Trinajstić information content (AvgIpc) is 3.01. The van der Waals surface area contributed by atoms with Crippen molar-refractivity contribution in [2.45, 2.75) is 19.1 Å². The maximum Gasteiger partial charge on any atom is 0.410 e. The van der Waals surface area contributed by atoms with Crippen molar-refractivity contribution in [3.8, 4) is 6.07 Å². The first-order valence-electron chi connectivity index (χ1n) is 7.76. The second-order valence-corrected chi connectivity index (χ2v) is 5.61. The lowest BCUT2D eigenvalue weighted by Crippen LogP contribution is -2.45. The molecule has 2 aromatic rings. The summed E-state index contributed by atoms with van der Waals surface area (Å²) in [6, 6.07) is 11.9. The molecular weight excluding hydrogens is 320 g/mol. The van der Waals surface area contributed by atoms with E-state index >= 15 is 0 Å². The standard InChI is InChI=1S/C18H16N4O3/c19-8-13-3-1-4-14(7-13)11-22-16(12-25-18(22)24)17(23)21-10-15-5-2-6-20-9-15/h1-7,9,16H,10-12H2,(H,21,23)/t16-/m0/s1. The van der Waals surface area contributed by atoms with E-state index in [0.717, 1.165) is 11.1 Å². The Morgan fingerprint density at radius 3 is 2.96 bits per heavy atom. The van der Waals surface area contributed by atoms with Crippen molar-refractivity contribution < 1.29 is 14.3 Å². The first-order chi connectivity index (χ1) is 12.2. The SMILES string of the molecule is N#Cc1cccc(CN2C(=O)OC[C@H]2C(=O)NCc2cccnc2)c1. The van der Waals surface area contributed by atoms with Crippen molar-refractivity contribution in [3.05, 3.63) is 65.5 Å². The Bertz CT molecular complexity index is 817. The highest BCUT2D eigenvalue weighted by molar-refractivity contribution is 5.87. The van der Waals surface area contributed by atoms with Crippen LogP contribution in [-0.4, -0.2) is 34.5 Å². The number of nitriles is 1. The van der Waals surface area contributed by atoms with Crippen LogP contribution in [0, 0.1) is 11.3 Å². The minimum Gasteiger partial charge on any atom is -0.447 e. The van der Waals surface area contributed by atoms with E-state index in [-0.39, 0.29) is 19.1 Å².